The van der Waals surface area contributed by atoms with Gasteiger partial charge in [-0.3, -0.25) is 4.79 Å². The highest BCUT2D eigenvalue weighted by Crippen LogP contribution is 2.18. The standard InChI is InChI=1S/C14H20F3N3O2/c15-14(16,17)10-22-13-7-6-11(9-19-13)20-12(21)5-3-1-2-4-8-18/h6-7,9H,1-5,8,10,18H2,(H,20,21). The second kappa shape index (κ2) is 9.24. The first-order chi connectivity index (χ1) is 10.4. The number of alkyl halides is 3. The number of hydrogen-bond acceptors (Lipinski definition) is 4. The third-order valence-electron chi connectivity index (χ3n) is 2.76. The van der Waals surface area contributed by atoms with Gasteiger partial charge in [0.1, 0.15) is 0 Å². The van der Waals surface area contributed by atoms with E-state index in [1.165, 1.54) is 18.3 Å². The molecule has 0 spiro atoms. The predicted molar refractivity (Wildman–Crippen MR) is 76.6 cm³/mol. The van der Waals surface area contributed by atoms with Crippen LogP contribution in [-0.2, 0) is 4.79 Å². The summed E-state index contributed by atoms with van der Waals surface area (Å²) in [6.45, 7) is -0.741. The third kappa shape index (κ3) is 8.46. The van der Waals surface area contributed by atoms with E-state index in [9.17, 15) is 18.0 Å². The lowest BCUT2D eigenvalue weighted by atomic mass is 10.1. The van der Waals surface area contributed by atoms with E-state index >= 15 is 0 Å². The van der Waals surface area contributed by atoms with Crippen LogP contribution in [0.25, 0.3) is 0 Å². The Morgan fingerprint density at radius 2 is 1.95 bits per heavy atom. The van der Waals surface area contributed by atoms with Crippen molar-refractivity contribution < 1.29 is 22.7 Å². The molecule has 0 aliphatic heterocycles. The van der Waals surface area contributed by atoms with Gasteiger partial charge >= 0.3 is 6.18 Å². The van der Waals surface area contributed by atoms with Gasteiger partial charge in [0.2, 0.25) is 11.8 Å². The first-order valence-corrected chi connectivity index (χ1v) is 7.06. The van der Waals surface area contributed by atoms with Crippen LogP contribution in [0.1, 0.15) is 32.1 Å². The number of nitrogens with one attached hydrogen (secondary N) is 1. The molecular formula is C14H20F3N3O2. The van der Waals surface area contributed by atoms with Crippen molar-refractivity contribution in [3.63, 3.8) is 0 Å². The van der Waals surface area contributed by atoms with Gasteiger partial charge in [-0.25, -0.2) is 4.98 Å². The highest BCUT2D eigenvalue weighted by molar-refractivity contribution is 5.90. The lowest BCUT2D eigenvalue weighted by Crippen LogP contribution is -2.19. The number of unbranched alkanes of at least 4 members (excludes halogenated alkanes) is 3. The molecule has 0 fully saturated rings. The number of carbonyl (C=O) groups excluding carboxylic acids is 1. The molecule has 3 N–H and O–H groups in total. The first-order valence-electron chi connectivity index (χ1n) is 7.06. The van der Waals surface area contributed by atoms with Crippen LogP contribution in [0, 0.1) is 0 Å². The van der Waals surface area contributed by atoms with Crippen molar-refractivity contribution in [1.29, 1.82) is 0 Å². The van der Waals surface area contributed by atoms with Gasteiger partial charge in [0.15, 0.2) is 6.61 Å². The summed E-state index contributed by atoms with van der Waals surface area (Å²) >= 11 is 0. The number of hydrogen-bond donors (Lipinski definition) is 2. The van der Waals surface area contributed by atoms with Crippen molar-refractivity contribution in [1.82, 2.24) is 4.98 Å². The number of rotatable bonds is 9. The number of carbonyl (C=O) groups is 1. The van der Waals surface area contributed by atoms with Crippen molar-refractivity contribution in [3.05, 3.63) is 18.3 Å². The molecule has 0 aliphatic carbocycles. The number of halogens is 3. The second-order valence-corrected chi connectivity index (χ2v) is 4.79. The molecule has 1 amide bonds. The zero-order valence-corrected chi connectivity index (χ0v) is 12.2. The van der Waals surface area contributed by atoms with Crippen molar-refractivity contribution in [3.8, 4) is 5.88 Å². The number of amides is 1. The lowest BCUT2D eigenvalue weighted by Gasteiger charge is -2.09. The Balaban J connectivity index is 2.29. The van der Waals surface area contributed by atoms with Crippen molar-refractivity contribution >= 4 is 11.6 Å². The third-order valence-corrected chi connectivity index (χ3v) is 2.76. The van der Waals surface area contributed by atoms with Crippen molar-refractivity contribution in [2.24, 2.45) is 5.73 Å². The Kier molecular flexibility index (Phi) is 7.65. The Morgan fingerprint density at radius 3 is 2.55 bits per heavy atom. The molecule has 0 bridgehead atoms. The lowest BCUT2D eigenvalue weighted by molar-refractivity contribution is -0.154. The van der Waals surface area contributed by atoms with Gasteiger partial charge < -0.3 is 15.8 Å². The Hall–Kier alpha value is -1.83. The molecule has 5 nitrogen and oxygen atoms in total. The molecule has 1 heterocycles. The van der Waals surface area contributed by atoms with Gasteiger partial charge in [-0.15, -0.1) is 0 Å². The summed E-state index contributed by atoms with van der Waals surface area (Å²) in [4.78, 5) is 15.3. The monoisotopic (exact) mass is 319 g/mol. The van der Waals surface area contributed by atoms with Crippen LogP contribution in [-0.4, -0.2) is 30.2 Å². The van der Waals surface area contributed by atoms with E-state index in [2.05, 4.69) is 15.0 Å². The second-order valence-electron chi connectivity index (χ2n) is 4.79. The highest BCUT2D eigenvalue weighted by atomic mass is 19.4. The van der Waals surface area contributed by atoms with E-state index < -0.39 is 12.8 Å². The molecule has 1 aromatic heterocycles. The number of nitrogens with zero attached hydrogens (tertiary/aromatic N) is 1. The maximum absolute atomic E-state index is 12.0. The number of aromatic nitrogens is 1. The van der Waals surface area contributed by atoms with Gasteiger partial charge in [0, 0.05) is 12.5 Å². The minimum absolute atomic E-state index is 0.142. The van der Waals surface area contributed by atoms with Crippen molar-refractivity contribution in [2.75, 3.05) is 18.5 Å². The molecule has 0 aromatic carbocycles. The van der Waals surface area contributed by atoms with E-state index in [1.807, 2.05) is 0 Å². The zero-order chi connectivity index (χ0) is 16.4. The predicted octanol–water partition coefficient (Wildman–Crippen LogP) is 2.87. The fourth-order valence-corrected chi connectivity index (χ4v) is 1.70. The number of pyridine rings is 1. The molecule has 1 rings (SSSR count). The Morgan fingerprint density at radius 1 is 1.23 bits per heavy atom. The number of nitrogens with two attached hydrogens (primary N) is 1. The van der Waals surface area contributed by atoms with E-state index in [4.69, 9.17) is 5.73 Å². The van der Waals surface area contributed by atoms with Gasteiger partial charge in [0.05, 0.1) is 11.9 Å². The van der Waals surface area contributed by atoms with Crippen LogP contribution in [0.5, 0.6) is 5.88 Å². The Bertz CT molecular complexity index is 450. The molecule has 0 atom stereocenters. The SMILES string of the molecule is NCCCCCCC(=O)Nc1ccc(OCC(F)(F)F)nc1. The molecule has 124 valence electrons. The minimum atomic E-state index is -4.40. The molecule has 0 saturated heterocycles. The Labute approximate surface area is 127 Å². The fourth-order valence-electron chi connectivity index (χ4n) is 1.70. The molecule has 0 saturated carbocycles. The summed E-state index contributed by atoms with van der Waals surface area (Å²) in [5.41, 5.74) is 5.79. The maximum Gasteiger partial charge on any atom is 0.422 e. The first kappa shape index (κ1) is 18.2. The van der Waals surface area contributed by atoms with Crippen LogP contribution in [0.3, 0.4) is 0 Å². The average Bonchev–Trinajstić information content (AvgIpc) is 2.45. The van der Waals surface area contributed by atoms with E-state index in [0.29, 0.717) is 18.7 Å². The fraction of sp³-hybridized carbons (Fsp3) is 0.571. The van der Waals surface area contributed by atoms with Gasteiger partial charge in [-0.1, -0.05) is 12.8 Å². The molecule has 8 heteroatoms. The van der Waals surface area contributed by atoms with E-state index in [1.54, 1.807) is 0 Å². The number of ether oxygens (including phenoxy) is 1. The molecule has 0 aliphatic rings. The molecular weight excluding hydrogens is 299 g/mol. The molecule has 0 unspecified atom stereocenters. The maximum atomic E-state index is 12.0. The normalized spacial score (nSPS) is 11.3. The summed E-state index contributed by atoms with van der Waals surface area (Å²) in [6.07, 6.45) is 0.897. The summed E-state index contributed by atoms with van der Waals surface area (Å²) < 4.78 is 40.4. The van der Waals surface area contributed by atoms with Crippen LogP contribution in [0.2, 0.25) is 0 Å². The van der Waals surface area contributed by atoms with E-state index in [0.717, 1.165) is 25.7 Å². The minimum Gasteiger partial charge on any atom is -0.468 e. The van der Waals surface area contributed by atoms with Gasteiger partial charge in [0.25, 0.3) is 0 Å². The zero-order valence-electron chi connectivity index (χ0n) is 12.2. The summed E-state index contributed by atoms with van der Waals surface area (Å²) in [5.74, 6) is -0.296. The topological polar surface area (TPSA) is 77.2 Å². The quantitative estimate of drug-likeness (QED) is 0.686. The van der Waals surface area contributed by atoms with Crippen LogP contribution in [0.15, 0.2) is 18.3 Å². The summed E-state index contributed by atoms with van der Waals surface area (Å²) in [5, 5.41) is 2.63. The van der Waals surface area contributed by atoms with E-state index in [-0.39, 0.29) is 11.8 Å². The largest absolute Gasteiger partial charge is 0.468 e. The van der Waals surface area contributed by atoms with Gasteiger partial charge in [-0.2, -0.15) is 13.2 Å². The average molecular weight is 319 g/mol. The smallest absolute Gasteiger partial charge is 0.422 e. The molecule has 0 radical (unpaired) electrons. The van der Waals surface area contributed by atoms with Gasteiger partial charge in [-0.05, 0) is 25.5 Å². The van der Waals surface area contributed by atoms with Crippen LogP contribution < -0.4 is 15.8 Å². The van der Waals surface area contributed by atoms with Crippen LogP contribution in [0.4, 0.5) is 18.9 Å². The summed E-state index contributed by atoms with van der Waals surface area (Å²) in [7, 11) is 0. The molecule has 1 aromatic rings. The summed E-state index contributed by atoms with van der Waals surface area (Å²) in [6, 6.07) is 2.73. The highest BCUT2D eigenvalue weighted by Gasteiger charge is 2.28. The molecule has 22 heavy (non-hydrogen) atoms. The number of anilines is 1. The van der Waals surface area contributed by atoms with Crippen LogP contribution >= 0.6 is 0 Å². The van der Waals surface area contributed by atoms with Crippen molar-refractivity contribution in [2.45, 2.75) is 38.3 Å².